The van der Waals surface area contributed by atoms with Crippen molar-refractivity contribution < 1.29 is 0 Å². The Balaban J connectivity index is 1.66. The van der Waals surface area contributed by atoms with E-state index in [1.165, 1.54) is 16.8 Å². The number of aromatic nitrogens is 4. The van der Waals surface area contributed by atoms with Crippen LogP contribution in [0.2, 0.25) is 0 Å². The highest BCUT2D eigenvalue weighted by atomic mass is 15.2. The highest BCUT2D eigenvalue weighted by Gasteiger charge is 2.20. The molecule has 0 fully saturated rings. The molecule has 0 saturated carbocycles. The van der Waals surface area contributed by atoms with Crippen LogP contribution >= 0.6 is 0 Å². The van der Waals surface area contributed by atoms with Crippen LogP contribution in [0.25, 0.3) is 11.0 Å². The van der Waals surface area contributed by atoms with Gasteiger partial charge < -0.3 is 14.8 Å². The second-order valence-electron chi connectivity index (χ2n) is 7.33. The van der Waals surface area contributed by atoms with Crippen molar-refractivity contribution >= 4 is 16.9 Å². The SMILES string of the molecule is Cc1nc2c(c(N(C)Cc3nc4c(C)cccc4[nH]3)n1)CCN(C)CC2. The van der Waals surface area contributed by atoms with Gasteiger partial charge >= 0.3 is 0 Å². The van der Waals surface area contributed by atoms with Crippen LogP contribution in [-0.2, 0) is 19.4 Å². The number of nitrogens with one attached hydrogen (secondary N) is 1. The Hall–Kier alpha value is -2.47. The fourth-order valence-electron chi connectivity index (χ4n) is 3.73. The normalized spacial score (nSPS) is 15.1. The number of likely N-dealkylation sites (N-methyl/N-ethyl adjacent to an activating group) is 1. The maximum absolute atomic E-state index is 4.79. The molecule has 0 aliphatic carbocycles. The number of imidazole rings is 1. The van der Waals surface area contributed by atoms with Crippen molar-refractivity contribution in [1.82, 2.24) is 24.8 Å². The number of aryl methyl sites for hydroxylation is 2. The highest BCUT2D eigenvalue weighted by Crippen LogP contribution is 2.25. The Morgan fingerprint density at radius 2 is 1.92 bits per heavy atom. The third-order valence-corrected chi connectivity index (χ3v) is 5.17. The second kappa shape index (κ2) is 6.68. The lowest BCUT2D eigenvalue weighted by Gasteiger charge is -2.21. The van der Waals surface area contributed by atoms with Gasteiger partial charge in [0.2, 0.25) is 0 Å². The van der Waals surface area contributed by atoms with E-state index in [-0.39, 0.29) is 0 Å². The number of hydrogen-bond acceptors (Lipinski definition) is 5. The zero-order valence-corrected chi connectivity index (χ0v) is 16.0. The smallest absolute Gasteiger partial charge is 0.135 e. The summed E-state index contributed by atoms with van der Waals surface area (Å²) < 4.78 is 0. The van der Waals surface area contributed by atoms with E-state index in [1.54, 1.807) is 0 Å². The van der Waals surface area contributed by atoms with Crippen LogP contribution < -0.4 is 4.90 Å². The summed E-state index contributed by atoms with van der Waals surface area (Å²) in [6.07, 6.45) is 1.98. The summed E-state index contributed by atoms with van der Waals surface area (Å²) in [5, 5.41) is 0. The van der Waals surface area contributed by atoms with E-state index in [2.05, 4.69) is 54.0 Å². The number of anilines is 1. The summed E-state index contributed by atoms with van der Waals surface area (Å²) in [6, 6.07) is 6.24. The molecule has 0 unspecified atom stereocenters. The van der Waals surface area contributed by atoms with Crippen LogP contribution in [0.4, 0.5) is 5.82 Å². The Kier molecular flexibility index (Phi) is 4.36. The van der Waals surface area contributed by atoms with Crippen molar-refractivity contribution in [3.05, 3.63) is 46.7 Å². The first-order valence-electron chi connectivity index (χ1n) is 9.21. The van der Waals surface area contributed by atoms with E-state index in [9.17, 15) is 0 Å². The molecule has 3 aromatic rings. The van der Waals surface area contributed by atoms with Gasteiger partial charge in [0.15, 0.2) is 0 Å². The van der Waals surface area contributed by atoms with Gasteiger partial charge in [0.1, 0.15) is 17.5 Å². The van der Waals surface area contributed by atoms with Crippen molar-refractivity contribution in [2.75, 3.05) is 32.1 Å². The predicted octanol–water partition coefficient (Wildman–Crippen LogP) is 2.64. The molecule has 1 N–H and O–H groups in total. The third kappa shape index (κ3) is 3.17. The van der Waals surface area contributed by atoms with Crippen LogP contribution in [0.15, 0.2) is 18.2 Å². The quantitative estimate of drug-likeness (QED) is 0.787. The van der Waals surface area contributed by atoms with Crippen LogP contribution in [0.5, 0.6) is 0 Å². The molecule has 1 aromatic carbocycles. The summed E-state index contributed by atoms with van der Waals surface area (Å²) in [7, 11) is 4.27. The summed E-state index contributed by atoms with van der Waals surface area (Å²) in [6.45, 7) is 6.88. The fraction of sp³-hybridized carbons (Fsp3) is 0.450. The molecule has 0 atom stereocenters. The maximum Gasteiger partial charge on any atom is 0.135 e. The molecular formula is C20H26N6. The van der Waals surface area contributed by atoms with Crippen molar-refractivity contribution in [2.45, 2.75) is 33.2 Å². The summed E-state index contributed by atoms with van der Waals surface area (Å²) >= 11 is 0. The predicted molar refractivity (Wildman–Crippen MR) is 105 cm³/mol. The number of aromatic amines is 1. The summed E-state index contributed by atoms with van der Waals surface area (Å²) in [5.41, 5.74) is 5.82. The van der Waals surface area contributed by atoms with Gasteiger partial charge in [0.05, 0.1) is 23.3 Å². The Morgan fingerprint density at radius 1 is 1.12 bits per heavy atom. The monoisotopic (exact) mass is 350 g/mol. The molecule has 6 nitrogen and oxygen atoms in total. The minimum atomic E-state index is 0.701. The third-order valence-electron chi connectivity index (χ3n) is 5.17. The Bertz CT molecular complexity index is 945. The Labute approximate surface area is 154 Å². The molecule has 1 aliphatic heterocycles. The van der Waals surface area contributed by atoms with Gasteiger partial charge in [-0.05, 0) is 38.9 Å². The number of para-hydroxylation sites is 1. The van der Waals surface area contributed by atoms with Crippen molar-refractivity contribution in [2.24, 2.45) is 0 Å². The molecule has 6 heteroatoms. The number of hydrogen-bond donors (Lipinski definition) is 1. The lowest BCUT2D eigenvalue weighted by Crippen LogP contribution is -2.23. The van der Waals surface area contributed by atoms with Gasteiger partial charge in [0, 0.05) is 32.1 Å². The molecule has 0 bridgehead atoms. The van der Waals surface area contributed by atoms with Gasteiger partial charge in [-0.2, -0.15) is 0 Å². The van der Waals surface area contributed by atoms with Crippen molar-refractivity contribution in [1.29, 1.82) is 0 Å². The zero-order valence-electron chi connectivity index (χ0n) is 16.0. The molecule has 2 aromatic heterocycles. The molecule has 4 rings (SSSR count). The first-order chi connectivity index (χ1) is 12.5. The molecule has 1 aliphatic rings. The minimum Gasteiger partial charge on any atom is -0.352 e. The number of fused-ring (bicyclic) bond motifs is 2. The van der Waals surface area contributed by atoms with Gasteiger partial charge in [-0.25, -0.2) is 15.0 Å². The molecule has 3 heterocycles. The standard InChI is InChI=1S/C20H26N6/c1-13-6-5-7-17-19(13)24-18(23-17)12-26(4)20-15-8-10-25(3)11-9-16(15)21-14(2)22-20/h5-7H,8-12H2,1-4H3,(H,23,24). The van der Waals surface area contributed by atoms with E-state index in [0.29, 0.717) is 6.54 Å². The number of benzene rings is 1. The first kappa shape index (κ1) is 17.0. The van der Waals surface area contributed by atoms with E-state index in [1.807, 2.05) is 6.92 Å². The van der Waals surface area contributed by atoms with Gasteiger partial charge in [-0.1, -0.05) is 12.1 Å². The van der Waals surface area contributed by atoms with Crippen LogP contribution in [0.1, 0.15) is 28.5 Å². The molecule has 0 radical (unpaired) electrons. The molecule has 0 amide bonds. The molecular weight excluding hydrogens is 324 g/mol. The topological polar surface area (TPSA) is 60.9 Å². The van der Waals surface area contributed by atoms with Crippen molar-refractivity contribution in [3.63, 3.8) is 0 Å². The van der Waals surface area contributed by atoms with Crippen molar-refractivity contribution in [3.8, 4) is 0 Å². The van der Waals surface area contributed by atoms with Crippen LogP contribution in [0.3, 0.4) is 0 Å². The van der Waals surface area contributed by atoms with Gasteiger partial charge in [0.25, 0.3) is 0 Å². The molecule has 0 spiro atoms. The van der Waals surface area contributed by atoms with E-state index in [4.69, 9.17) is 15.0 Å². The first-order valence-corrected chi connectivity index (χ1v) is 9.21. The lowest BCUT2D eigenvalue weighted by atomic mass is 10.1. The lowest BCUT2D eigenvalue weighted by molar-refractivity contribution is 0.352. The average molecular weight is 350 g/mol. The Morgan fingerprint density at radius 3 is 2.73 bits per heavy atom. The second-order valence-corrected chi connectivity index (χ2v) is 7.33. The van der Waals surface area contributed by atoms with Gasteiger partial charge in [-0.15, -0.1) is 0 Å². The fourth-order valence-corrected chi connectivity index (χ4v) is 3.73. The molecule has 136 valence electrons. The number of H-pyrrole nitrogens is 1. The van der Waals surface area contributed by atoms with E-state index < -0.39 is 0 Å². The largest absolute Gasteiger partial charge is 0.352 e. The summed E-state index contributed by atoms with van der Waals surface area (Å²) in [5.74, 6) is 2.85. The minimum absolute atomic E-state index is 0.701. The molecule has 26 heavy (non-hydrogen) atoms. The maximum atomic E-state index is 4.79. The van der Waals surface area contributed by atoms with Crippen LogP contribution in [-0.4, -0.2) is 52.0 Å². The van der Waals surface area contributed by atoms with E-state index in [0.717, 1.165) is 54.4 Å². The van der Waals surface area contributed by atoms with Crippen LogP contribution in [0, 0.1) is 13.8 Å². The average Bonchev–Trinajstić information content (AvgIpc) is 2.93. The number of rotatable bonds is 3. The van der Waals surface area contributed by atoms with E-state index >= 15 is 0 Å². The highest BCUT2D eigenvalue weighted by molar-refractivity contribution is 5.78. The molecule has 0 saturated heterocycles. The number of nitrogens with zero attached hydrogens (tertiary/aromatic N) is 5. The van der Waals surface area contributed by atoms with Gasteiger partial charge in [-0.3, -0.25) is 0 Å². The summed E-state index contributed by atoms with van der Waals surface area (Å²) in [4.78, 5) is 22.3. The zero-order chi connectivity index (χ0) is 18.3.